The molecule has 7 nitrogen and oxygen atoms in total. The number of halogens is 1. The first-order valence-corrected chi connectivity index (χ1v) is 11.3. The predicted octanol–water partition coefficient (Wildman–Crippen LogP) is 2.58. The van der Waals surface area contributed by atoms with E-state index in [0.717, 1.165) is 12.8 Å². The van der Waals surface area contributed by atoms with E-state index in [9.17, 15) is 18.8 Å². The fraction of sp³-hybridized carbons (Fsp3) is 0.400. The lowest BCUT2D eigenvalue weighted by Gasteiger charge is -2.44. The van der Waals surface area contributed by atoms with Crippen LogP contribution in [0.4, 0.5) is 4.39 Å². The molecule has 3 fully saturated rings. The molecule has 1 N–H and O–H groups in total. The van der Waals surface area contributed by atoms with E-state index in [1.165, 1.54) is 18.2 Å². The second-order valence-corrected chi connectivity index (χ2v) is 8.90. The maximum absolute atomic E-state index is 13.6. The van der Waals surface area contributed by atoms with E-state index in [1.54, 1.807) is 40.1 Å². The summed E-state index contributed by atoms with van der Waals surface area (Å²) in [5.74, 6) is -1.17. The highest BCUT2D eigenvalue weighted by Crippen LogP contribution is 2.39. The molecule has 0 radical (unpaired) electrons. The van der Waals surface area contributed by atoms with Gasteiger partial charge in [0.2, 0.25) is 5.91 Å². The number of piperidine rings is 1. The molecule has 1 saturated carbocycles. The van der Waals surface area contributed by atoms with Gasteiger partial charge < -0.3 is 15.0 Å². The normalized spacial score (nSPS) is 21.8. The third-order valence-electron chi connectivity index (χ3n) is 6.63. The average molecular weight is 451 g/mol. The predicted molar refractivity (Wildman–Crippen MR) is 118 cm³/mol. The Kier molecular flexibility index (Phi) is 5.62. The summed E-state index contributed by atoms with van der Waals surface area (Å²) in [6, 6.07) is 13.9. The quantitative estimate of drug-likeness (QED) is 0.775. The molecule has 2 aliphatic heterocycles. The van der Waals surface area contributed by atoms with E-state index in [-0.39, 0.29) is 35.9 Å². The van der Waals surface area contributed by atoms with Crippen LogP contribution >= 0.6 is 0 Å². The number of nitrogens with one attached hydrogen (secondary N) is 1. The molecule has 172 valence electrons. The van der Waals surface area contributed by atoms with Crippen LogP contribution in [0.1, 0.15) is 46.4 Å². The molecule has 2 saturated heterocycles. The number of benzene rings is 2. The van der Waals surface area contributed by atoms with Crippen LogP contribution in [0.2, 0.25) is 0 Å². The summed E-state index contributed by atoms with van der Waals surface area (Å²) in [4.78, 5) is 42.6. The van der Waals surface area contributed by atoms with Crippen molar-refractivity contribution in [3.63, 3.8) is 0 Å². The summed E-state index contributed by atoms with van der Waals surface area (Å²) in [7, 11) is 0. The topological polar surface area (TPSA) is 79.0 Å². The largest absolute Gasteiger partial charge is 0.353 e. The Labute approximate surface area is 191 Å². The SMILES string of the molecule is O=C(NC1CC1)[C@H]1COC2(CCN(C(=O)c3cccc(F)c3)CC2)N1C(=O)c1ccccc1. The summed E-state index contributed by atoms with van der Waals surface area (Å²) in [6.07, 6.45) is 2.65. The molecule has 0 bridgehead atoms. The van der Waals surface area contributed by atoms with Crippen molar-refractivity contribution in [1.82, 2.24) is 15.1 Å². The standard InChI is InChI=1S/C25H26FN3O4/c26-19-8-4-7-18(15-19)23(31)28-13-11-25(12-14-28)29(24(32)17-5-2-1-3-6-17)21(16-33-25)22(30)27-20-9-10-20/h1-8,15,20-21H,9-14,16H2,(H,27,30)/t21-/m1/s1. The minimum Gasteiger partial charge on any atom is -0.353 e. The van der Waals surface area contributed by atoms with Crippen LogP contribution in [0, 0.1) is 5.82 Å². The van der Waals surface area contributed by atoms with Crippen LogP contribution in [0.15, 0.2) is 54.6 Å². The summed E-state index contributed by atoms with van der Waals surface area (Å²) in [6.45, 7) is 0.796. The van der Waals surface area contributed by atoms with Crippen molar-refractivity contribution in [2.75, 3.05) is 19.7 Å². The van der Waals surface area contributed by atoms with E-state index in [1.807, 2.05) is 6.07 Å². The lowest BCUT2D eigenvalue weighted by molar-refractivity contribution is -0.128. The Bertz CT molecular complexity index is 1060. The van der Waals surface area contributed by atoms with Crippen LogP contribution in [0.25, 0.3) is 0 Å². The lowest BCUT2D eigenvalue weighted by atomic mass is 9.96. The molecule has 1 atom stereocenters. The number of carbonyl (C=O) groups is 3. The fourth-order valence-corrected chi connectivity index (χ4v) is 4.68. The first-order chi connectivity index (χ1) is 16.0. The number of hydrogen-bond acceptors (Lipinski definition) is 4. The Balaban J connectivity index is 1.37. The Morgan fingerprint density at radius 2 is 1.64 bits per heavy atom. The second kappa shape index (κ2) is 8.59. The Morgan fingerprint density at radius 3 is 2.30 bits per heavy atom. The van der Waals surface area contributed by atoms with Gasteiger partial charge in [-0.1, -0.05) is 24.3 Å². The summed E-state index contributed by atoms with van der Waals surface area (Å²) < 4.78 is 19.7. The molecule has 5 rings (SSSR count). The monoisotopic (exact) mass is 451 g/mol. The van der Waals surface area contributed by atoms with Crippen molar-refractivity contribution in [2.45, 2.75) is 43.5 Å². The average Bonchev–Trinajstić information content (AvgIpc) is 3.58. The van der Waals surface area contributed by atoms with Gasteiger partial charge in [-0.2, -0.15) is 0 Å². The highest BCUT2D eigenvalue weighted by atomic mass is 19.1. The van der Waals surface area contributed by atoms with Crippen molar-refractivity contribution in [2.24, 2.45) is 0 Å². The minimum absolute atomic E-state index is 0.120. The van der Waals surface area contributed by atoms with E-state index >= 15 is 0 Å². The fourth-order valence-electron chi connectivity index (χ4n) is 4.68. The van der Waals surface area contributed by atoms with Crippen molar-refractivity contribution < 1.29 is 23.5 Å². The molecule has 3 aliphatic rings. The number of ether oxygens (including phenoxy) is 1. The molecular formula is C25H26FN3O4. The molecule has 1 aliphatic carbocycles. The van der Waals surface area contributed by atoms with Gasteiger partial charge in [0, 0.05) is 43.1 Å². The van der Waals surface area contributed by atoms with Gasteiger partial charge in [0.1, 0.15) is 17.6 Å². The van der Waals surface area contributed by atoms with E-state index < -0.39 is 17.6 Å². The zero-order chi connectivity index (χ0) is 23.0. The smallest absolute Gasteiger partial charge is 0.256 e. The third kappa shape index (κ3) is 4.23. The molecule has 3 amide bonds. The van der Waals surface area contributed by atoms with E-state index in [0.29, 0.717) is 31.5 Å². The van der Waals surface area contributed by atoms with Crippen LogP contribution in [0.3, 0.4) is 0 Å². The van der Waals surface area contributed by atoms with Crippen molar-refractivity contribution in [1.29, 1.82) is 0 Å². The summed E-state index contributed by atoms with van der Waals surface area (Å²) in [5.41, 5.74) is -0.181. The van der Waals surface area contributed by atoms with Gasteiger partial charge in [0.25, 0.3) is 11.8 Å². The molecule has 2 aromatic carbocycles. The highest BCUT2D eigenvalue weighted by Gasteiger charge is 2.54. The van der Waals surface area contributed by atoms with Crippen molar-refractivity contribution in [3.8, 4) is 0 Å². The number of hydrogen-bond donors (Lipinski definition) is 1. The van der Waals surface area contributed by atoms with Gasteiger partial charge in [-0.3, -0.25) is 19.3 Å². The second-order valence-electron chi connectivity index (χ2n) is 8.90. The molecule has 2 heterocycles. The van der Waals surface area contributed by atoms with Crippen molar-refractivity contribution in [3.05, 3.63) is 71.5 Å². The maximum Gasteiger partial charge on any atom is 0.256 e. The van der Waals surface area contributed by atoms with Gasteiger partial charge in [-0.05, 0) is 43.2 Å². The lowest BCUT2D eigenvalue weighted by Crippen LogP contribution is -2.60. The minimum atomic E-state index is -0.961. The van der Waals surface area contributed by atoms with Gasteiger partial charge >= 0.3 is 0 Å². The molecule has 2 aromatic rings. The Morgan fingerprint density at radius 1 is 0.939 bits per heavy atom. The molecule has 1 spiro atoms. The first kappa shape index (κ1) is 21.6. The molecule has 0 aromatic heterocycles. The number of nitrogens with zero attached hydrogens (tertiary/aromatic N) is 2. The first-order valence-electron chi connectivity index (χ1n) is 11.3. The number of carbonyl (C=O) groups excluding carboxylic acids is 3. The summed E-state index contributed by atoms with van der Waals surface area (Å²) in [5, 5.41) is 3.00. The van der Waals surface area contributed by atoms with Gasteiger partial charge in [-0.15, -0.1) is 0 Å². The number of rotatable bonds is 4. The van der Waals surface area contributed by atoms with Crippen molar-refractivity contribution >= 4 is 17.7 Å². The maximum atomic E-state index is 13.6. The zero-order valence-corrected chi connectivity index (χ0v) is 18.2. The molecular weight excluding hydrogens is 425 g/mol. The van der Waals surface area contributed by atoms with Gasteiger partial charge in [0.05, 0.1) is 6.61 Å². The molecule has 0 unspecified atom stereocenters. The van der Waals surface area contributed by atoms with Crippen LogP contribution in [0.5, 0.6) is 0 Å². The Hall–Kier alpha value is -3.26. The summed E-state index contributed by atoms with van der Waals surface area (Å²) >= 11 is 0. The number of amides is 3. The third-order valence-corrected chi connectivity index (χ3v) is 6.63. The van der Waals surface area contributed by atoms with Crippen LogP contribution < -0.4 is 5.32 Å². The van der Waals surface area contributed by atoms with E-state index in [4.69, 9.17) is 4.74 Å². The zero-order valence-electron chi connectivity index (χ0n) is 18.2. The molecule has 8 heteroatoms. The van der Waals surface area contributed by atoms with Gasteiger partial charge in [0.15, 0.2) is 0 Å². The highest BCUT2D eigenvalue weighted by molar-refractivity contribution is 5.98. The number of likely N-dealkylation sites (tertiary alicyclic amines) is 1. The van der Waals surface area contributed by atoms with E-state index in [2.05, 4.69) is 5.32 Å². The van der Waals surface area contributed by atoms with Gasteiger partial charge in [-0.25, -0.2) is 4.39 Å². The van der Waals surface area contributed by atoms with Crippen LogP contribution in [-0.2, 0) is 9.53 Å². The molecule has 33 heavy (non-hydrogen) atoms. The van der Waals surface area contributed by atoms with Crippen LogP contribution in [-0.4, -0.2) is 65.0 Å².